The lowest BCUT2D eigenvalue weighted by Crippen LogP contribution is -2.36. The number of hydrogen-bond acceptors (Lipinski definition) is 5. The van der Waals surface area contributed by atoms with Crippen LogP contribution in [0.4, 0.5) is 5.69 Å². The fourth-order valence-corrected chi connectivity index (χ4v) is 2.24. The van der Waals surface area contributed by atoms with Crippen LogP contribution in [0.15, 0.2) is 18.5 Å². The summed E-state index contributed by atoms with van der Waals surface area (Å²) in [6.07, 6.45) is 4.43. The number of esters is 1. The van der Waals surface area contributed by atoms with Gasteiger partial charge in [0, 0.05) is 12.7 Å². The number of aromatic nitrogens is 1. The van der Waals surface area contributed by atoms with Gasteiger partial charge in [0.25, 0.3) is 0 Å². The Labute approximate surface area is 111 Å². The third kappa shape index (κ3) is 2.83. The van der Waals surface area contributed by atoms with E-state index in [1.165, 1.54) is 6.20 Å². The van der Waals surface area contributed by atoms with E-state index in [2.05, 4.69) is 4.98 Å². The Morgan fingerprint density at radius 3 is 3.00 bits per heavy atom. The normalized spacial score (nSPS) is 18.4. The van der Waals surface area contributed by atoms with Crippen LogP contribution in [0.5, 0.6) is 0 Å². The Bertz CT molecular complexity index is 489. The quantitative estimate of drug-likeness (QED) is 0.826. The SMILES string of the molecule is CCOC(=O)c1cncc(N2CCCC2C(=O)O)c1. The number of rotatable bonds is 4. The summed E-state index contributed by atoms with van der Waals surface area (Å²) < 4.78 is 4.91. The van der Waals surface area contributed by atoms with Gasteiger partial charge in [0.15, 0.2) is 0 Å². The lowest BCUT2D eigenvalue weighted by molar-refractivity contribution is -0.138. The average molecular weight is 264 g/mol. The summed E-state index contributed by atoms with van der Waals surface area (Å²) in [6, 6.07) is 1.09. The fraction of sp³-hybridized carbons (Fsp3) is 0.462. The molecule has 1 atom stereocenters. The second kappa shape index (κ2) is 5.69. The van der Waals surface area contributed by atoms with Crippen LogP contribution >= 0.6 is 0 Å². The van der Waals surface area contributed by atoms with Gasteiger partial charge in [0.05, 0.1) is 24.1 Å². The van der Waals surface area contributed by atoms with Crippen LogP contribution in [-0.4, -0.2) is 41.2 Å². The predicted octanol–water partition coefficient (Wildman–Crippen LogP) is 1.31. The van der Waals surface area contributed by atoms with Crippen LogP contribution < -0.4 is 4.90 Å². The van der Waals surface area contributed by atoms with Crippen molar-refractivity contribution in [2.75, 3.05) is 18.1 Å². The van der Waals surface area contributed by atoms with Gasteiger partial charge in [-0.15, -0.1) is 0 Å². The van der Waals surface area contributed by atoms with Gasteiger partial charge in [0.1, 0.15) is 6.04 Å². The monoisotopic (exact) mass is 264 g/mol. The Kier molecular flexibility index (Phi) is 3.99. The first-order chi connectivity index (χ1) is 9.13. The molecule has 0 saturated carbocycles. The van der Waals surface area contributed by atoms with Crippen LogP contribution in [0.2, 0.25) is 0 Å². The van der Waals surface area contributed by atoms with Crippen LogP contribution in [-0.2, 0) is 9.53 Å². The second-order valence-corrected chi connectivity index (χ2v) is 4.34. The standard InChI is InChI=1S/C13H16N2O4/c1-2-19-13(18)9-6-10(8-14-7-9)15-5-3-4-11(15)12(16)17/h6-8,11H,2-5H2,1H3,(H,16,17). The van der Waals surface area contributed by atoms with Crippen LogP contribution in [0.3, 0.4) is 0 Å². The summed E-state index contributed by atoms with van der Waals surface area (Å²) in [6.45, 7) is 2.69. The first kappa shape index (κ1) is 13.3. The Morgan fingerprint density at radius 2 is 2.32 bits per heavy atom. The third-order valence-electron chi connectivity index (χ3n) is 3.10. The van der Waals surface area contributed by atoms with E-state index in [0.717, 1.165) is 6.42 Å². The minimum atomic E-state index is -0.848. The number of pyridine rings is 1. The van der Waals surface area contributed by atoms with Gasteiger partial charge in [-0.1, -0.05) is 0 Å². The molecule has 19 heavy (non-hydrogen) atoms. The van der Waals surface area contributed by atoms with Gasteiger partial charge in [0.2, 0.25) is 0 Å². The van der Waals surface area contributed by atoms with Gasteiger partial charge < -0.3 is 14.7 Å². The van der Waals surface area contributed by atoms with E-state index in [4.69, 9.17) is 9.84 Å². The number of carbonyl (C=O) groups excluding carboxylic acids is 1. The maximum atomic E-state index is 11.6. The largest absolute Gasteiger partial charge is 0.480 e. The smallest absolute Gasteiger partial charge is 0.339 e. The number of carbonyl (C=O) groups is 2. The van der Waals surface area contributed by atoms with Gasteiger partial charge in [-0.25, -0.2) is 9.59 Å². The van der Waals surface area contributed by atoms with E-state index in [-0.39, 0.29) is 0 Å². The first-order valence-electron chi connectivity index (χ1n) is 6.25. The zero-order valence-electron chi connectivity index (χ0n) is 10.7. The topological polar surface area (TPSA) is 79.7 Å². The molecule has 0 aromatic carbocycles. The summed E-state index contributed by atoms with van der Waals surface area (Å²) in [5, 5.41) is 9.15. The number of nitrogens with zero attached hydrogens (tertiary/aromatic N) is 2. The van der Waals surface area contributed by atoms with Crippen molar-refractivity contribution < 1.29 is 19.4 Å². The molecule has 6 nitrogen and oxygen atoms in total. The van der Waals surface area contributed by atoms with Crippen molar-refractivity contribution in [3.05, 3.63) is 24.0 Å². The summed E-state index contributed by atoms with van der Waals surface area (Å²) in [7, 11) is 0. The molecular formula is C13H16N2O4. The van der Waals surface area contributed by atoms with E-state index in [9.17, 15) is 9.59 Å². The van der Waals surface area contributed by atoms with E-state index in [0.29, 0.717) is 30.8 Å². The number of anilines is 1. The number of aliphatic carboxylic acids is 1. The molecule has 0 spiro atoms. The molecule has 1 aliphatic heterocycles. The van der Waals surface area contributed by atoms with Gasteiger partial charge in [-0.3, -0.25) is 4.98 Å². The van der Waals surface area contributed by atoms with Crippen molar-refractivity contribution in [3.63, 3.8) is 0 Å². The highest BCUT2D eigenvalue weighted by Gasteiger charge is 2.31. The summed E-state index contributed by atoms with van der Waals surface area (Å²) in [4.78, 5) is 28.5. The number of carboxylic acid groups (broad SMARTS) is 1. The van der Waals surface area contributed by atoms with Crippen LogP contribution in [0, 0.1) is 0 Å². The molecule has 1 aliphatic rings. The zero-order chi connectivity index (χ0) is 13.8. The molecule has 2 heterocycles. The molecule has 1 aromatic heterocycles. The van der Waals surface area contributed by atoms with E-state index in [1.807, 2.05) is 0 Å². The maximum Gasteiger partial charge on any atom is 0.339 e. The van der Waals surface area contributed by atoms with Crippen LogP contribution in [0.1, 0.15) is 30.1 Å². The van der Waals surface area contributed by atoms with Gasteiger partial charge >= 0.3 is 11.9 Å². The summed E-state index contributed by atoms with van der Waals surface area (Å²) >= 11 is 0. The van der Waals surface area contributed by atoms with Crippen molar-refractivity contribution in [2.45, 2.75) is 25.8 Å². The molecule has 1 aromatic rings. The minimum absolute atomic E-state index is 0.296. The lowest BCUT2D eigenvalue weighted by Gasteiger charge is -2.23. The van der Waals surface area contributed by atoms with Gasteiger partial charge in [-0.05, 0) is 25.8 Å². The van der Waals surface area contributed by atoms with E-state index < -0.39 is 18.0 Å². The molecule has 1 saturated heterocycles. The van der Waals surface area contributed by atoms with Gasteiger partial charge in [-0.2, -0.15) is 0 Å². The first-order valence-corrected chi connectivity index (χ1v) is 6.25. The molecule has 1 fully saturated rings. The molecule has 2 rings (SSSR count). The molecule has 0 aliphatic carbocycles. The highest BCUT2D eigenvalue weighted by molar-refractivity contribution is 5.90. The Balaban J connectivity index is 2.23. The predicted molar refractivity (Wildman–Crippen MR) is 68.2 cm³/mol. The number of carboxylic acids is 1. The fourth-order valence-electron chi connectivity index (χ4n) is 2.24. The maximum absolute atomic E-state index is 11.6. The van der Waals surface area contributed by atoms with E-state index in [1.54, 1.807) is 24.1 Å². The zero-order valence-corrected chi connectivity index (χ0v) is 10.7. The highest BCUT2D eigenvalue weighted by Crippen LogP contribution is 2.25. The molecule has 0 bridgehead atoms. The van der Waals surface area contributed by atoms with Crippen molar-refractivity contribution >= 4 is 17.6 Å². The minimum Gasteiger partial charge on any atom is -0.480 e. The summed E-state index contributed by atoms with van der Waals surface area (Å²) in [5.41, 5.74) is 0.992. The Hall–Kier alpha value is -2.11. The summed E-state index contributed by atoms with van der Waals surface area (Å²) in [5.74, 6) is -1.29. The third-order valence-corrected chi connectivity index (χ3v) is 3.10. The molecule has 0 amide bonds. The number of ether oxygens (including phenoxy) is 1. The lowest BCUT2D eigenvalue weighted by atomic mass is 10.2. The molecule has 1 unspecified atom stereocenters. The Morgan fingerprint density at radius 1 is 1.53 bits per heavy atom. The number of hydrogen-bond donors (Lipinski definition) is 1. The van der Waals surface area contributed by atoms with Crippen molar-refractivity contribution in [3.8, 4) is 0 Å². The second-order valence-electron chi connectivity index (χ2n) is 4.34. The van der Waals surface area contributed by atoms with Crippen molar-refractivity contribution in [1.29, 1.82) is 0 Å². The molecule has 1 N–H and O–H groups in total. The molecule has 102 valence electrons. The average Bonchev–Trinajstić information content (AvgIpc) is 2.88. The highest BCUT2D eigenvalue weighted by atomic mass is 16.5. The van der Waals surface area contributed by atoms with Crippen molar-refractivity contribution in [2.24, 2.45) is 0 Å². The van der Waals surface area contributed by atoms with Crippen molar-refractivity contribution in [1.82, 2.24) is 4.98 Å². The van der Waals surface area contributed by atoms with E-state index >= 15 is 0 Å². The molecule has 0 radical (unpaired) electrons. The van der Waals surface area contributed by atoms with Crippen LogP contribution in [0.25, 0.3) is 0 Å². The molecule has 6 heteroatoms. The molecular weight excluding hydrogens is 248 g/mol.